The van der Waals surface area contributed by atoms with Crippen LogP contribution in [0.2, 0.25) is 0 Å². The number of para-hydroxylation sites is 2. The van der Waals surface area contributed by atoms with Crippen LogP contribution in [0.4, 0.5) is 0 Å². The van der Waals surface area contributed by atoms with Crippen molar-refractivity contribution in [2.24, 2.45) is 17.4 Å². The molecule has 0 aliphatic carbocycles. The lowest BCUT2D eigenvalue weighted by Crippen LogP contribution is -2.62. The first kappa shape index (κ1) is 86.1. The number of H-pyrrole nitrogens is 2. The molecule has 6 rings (SSSR count). The lowest BCUT2D eigenvalue weighted by Gasteiger charge is -2.28. The molecule has 0 aliphatic heterocycles. The fourth-order valence-corrected chi connectivity index (χ4v) is 12.0. The summed E-state index contributed by atoms with van der Waals surface area (Å²) in [6.45, 7) is 6.66. The van der Waals surface area contributed by atoms with Crippen LogP contribution in [-0.2, 0) is 88.0 Å². The predicted molar refractivity (Wildman–Crippen MR) is 402 cm³/mol. The second-order valence-electron chi connectivity index (χ2n) is 26.7. The molecule has 36 heteroatoms. The summed E-state index contributed by atoms with van der Waals surface area (Å²) in [6, 6.07) is 8.15. The molecule has 588 valence electrons. The summed E-state index contributed by atoms with van der Waals surface area (Å²) in [5.41, 5.74) is 14.0. The van der Waals surface area contributed by atoms with E-state index in [2.05, 4.69) is 73.8 Å². The van der Waals surface area contributed by atoms with Crippen molar-refractivity contribution in [2.45, 2.75) is 165 Å². The van der Waals surface area contributed by atoms with Crippen LogP contribution in [0.3, 0.4) is 0 Å². The highest BCUT2D eigenvalue weighted by Gasteiger charge is 2.38. The molecule has 35 nitrogen and oxygen atoms in total. The van der Waals surface area contributed by atoms with E-state index in [0.717, 1.165) is 0 Å². The summed E-state index contributed by atoms with van der Waals surface area (Å²) in [5.74, 6) is -14.3. The number of nitrogens with two attached hydrogens (primary N) is 2. The minimum absolute atomic E-state index is 0.0734. The number of phenolic OH excluding ortho intramolecular Hbond substituents is 2. The zero-order valence-electron chi connectivity index (χ0n) is 61.0. The number of thioether (sulfide) groups is 1. The minimum atomic E-state index is -2.01. The Hall–Kier alpha value is -11.8. The summed E-state index contributed by atoms with van der Waals surface area (Å²) in [4.78, 5) is 187. The van der Waals surface area contributed by atoms with Crippen LogP contribution < -0.4 is 75.3 Å². The van der Waals surface area contributed by atoms with E-state index in [0.29, 0.717) is 49.8 Å². The Morgan fingerprint density at radius 3 is 1.40 bits per heavy atom. The number of aliphatic hydroxyl groups excluding tert-OH is 1. The number of amides is 11. The van der Waals surface area contributed by atoms with Gasteiger partial charge in [0.25, 0.3) is 0 Å². The molecule has 11 amide bonds. The lowest BCUT2D eigenvalue weighted by molar-refractivity contribution is -0.142. The first-order valence-electron chi connectivity index (χ1n) is 35.1. The van der Waals surface area contributed by atoms with Gasteiger partial charge in [0.15, 0.2) is 5.96 Å². The molecule has 0 spiro atoms. The molecule has 2 heterocycles. The summed E-state index contributed by atoms with van der Waals surface area (Å²) in [7, 11) is 0. The molecule has 0 fully saturated rings. The third-order valence-corrected chi connectivity index (χ3v) is 18.0. The standard InChI is InChI=1S/C73H97N17O18S/c1-37(2)28-53(67(102)86-54(29-41-17-21-45(92)22-18-41)64(99)80-36-59(94)82-52(72(107)108)16-11-26-77-73(75)76)85-69(104)57(32-44-35-79-50-15-10-8-13-48(44)50)88-68(103)55(30-42-19-23-46(93)24-20-42)87-70(105)58(33-60(95)96)84-63(98)39(4)81-66(101)56(31-43-34-78-49-14-9-7-12-47(43)49)89-71(106)61(40(5)91)90-65(100)51(25-27-109-6)83-62(97)38(3)74/h7-10,12-15,17-24,34-35,37-40,51-58,61,78-79,91-93H,11,16,25-33,36,74H2,1-6H3,(H,80,99)(H,81,101)(H,82,94)(H,83,97)(H,84,98)(H,85,104)(H,86,102)(H,87,105)(H,88,103)(H,89,106)(H,90,100)(H,95,96)(H,107,108)(H4,75,76,77)/t38-,39-,40+,51-,52-,53-,54-,55-,56-,57-,58-,61-/m0/s1. The fraction of sp³-hybridized carbons (Fsp3) is 0.425. The van der Waals surface area contributed by atoms with Crippen molar-refractivity contribution in [3.63, 3.8) is 0 Å². The van der Waals surface area contributed by atoms with Crippen LogP contribution in [-0.4, -0.2) is 216 Å². The lowest BCUT2D eigenvalue weighted by atomic mass is 9.99. The molecule has 0 aliphatic rings. The number of carboxylic acids is 2. The highest BCUT2D eigenvalue weighted by atomic mass is 32.2. The number of fused-ring (bicyclic) bond motifs is 2. The van der Waals surface area contributed by atoms with E-state index in [1.807, 2.05) is 0 Å². The zero-order valence-corrected chi connectivity index (χ0v) is 61.8. The van der Waals surface area contributed by atoms with Crippen molar-refractivity contribution in [1.82, 2.24) is 73.8 Å². The number of benzene rings is 4. The number of carboxylic acid groups (broad SMARTS) is 2. The van der Waals surface area contributed by atoms with Gasteiger partial charge in [0.1, 0.15) is 71.9 Å². The second-order valence-corrected chi connectivity index (χ2v) is 27.7. The van der Waals surface area contributed by atoms with E-state index in [4.69, 9.17) is 16.9 Å². The smallest absolute Gasteiger partial charge is 0.326 e. The maximum Gasteiger partial charge on any atom is 0.326 e. The molecular weight excluding hydrogens is 1430 g/mol. The van der Waals surface area contributed by atoms with Gasteiger partial charge in [-0.3, -0.25) is 62.9 Å². The number of aromatic nitrogens is 2. The van der Waals surface area contributed by atoms with Crippen molar-refractivity contribution in [2.75, 3.05) is 25.1 Å². The molecule has 4 aromatic carbocycles. The van der Waals surface area contributed by atoms with Gasteiger partial charge in [0.2, 0.25) is 65.0 Å². The number of carbonyl (C=O) groups excluding carboxylic acids is 11. The Morgan fingerprint density at radius 1 is 0.486 bits per heavy atom. The second kappa shape index (κ2) is 41.9. The highest BCUT2D eigenvalue weighted by Crippen LogP contribution is 2.23. The number of nitrogens with one attached hydrogen (secondary N) is 15. The summed E-state index contributed by atoms with van der Waals surface area (Å²) in [5, 5.41) is 90.0. The number of aliphatic carboxylic acids is 2. The van der Waals surface area contributed by atoms with Gasteiger partial charge in [-0.15, -0.1) is 0 Å². The predicted octanol–water partition coefficient (Wildman–Crippen LogP) is -1.34. The van der Waals surface area contributed by atoms with Crippen molar-refractivity contribution in [3.05, 3.63) is 132 Å². The molecule has 109 heavy (non-hydrogen) atoms. The van der Waals surface area contributed by atoms with Crippen LogP contribution >= 0.6 is 11.8 Å². The van der Waals surface area contributed by atoms with Crippen molar-refractivity contribution in [3.8, 4) is 11.5 Å². The fourth-order valence-electron chi connectivity index (χ4n) is 11.5. The van der Waals surface area contributed by atoms with Gasteiger partial charge in [-0.25, -0.2) is 4.79 Å². The zero-order chi connectivity index (χ0) is 80.2. The maximum atomic E-state index is 15.1. The van der Waals surface area contributed by atoms with Gasteiger partial charge in [0, 0.05) is 66.4 Å². The first-order valence-corrected chi connectivity index (χ1v) is 36.5. The Labute approximate surface area is 631 Å². The van der Waals surface area contributed by atoms with E-state index in [1.165, 1.54) is 81.1 Å². The van der Waals surface area contributed by atoms with Crippen LogP contribution in [0.25, 0.3) is 21.8 Å². The number of carbonyl (C=O) groups is 13. The number of rotatable bonds is 43. The molecule has 24 N–H and O–H groups in total. The van der Waals surface area contributed by atoms with E-state index < -0.39 is 169 Å². The van der Waals surface area contributed by atoms with Gasteiger partial charge in [-0.05, 0) is 123 Å². The van der Waals surface area contributed by atoms with Crippen LogP contribution in [0.1, 0.15) is 89.0 Å². The molecule has 0 saturated heterocycles. The maximum absolute atomic E-state index is 15.1. The molecule has 2 aromatic heterocycles. The van der Waals surface area contributed by atoms with Crippen LogP contribution in [0, 0.1) is 11.3 Å². The van der Waals surface area contributed by atoms with Crippen LogP contribution in [0.5, 0.6) is 11.5 Å². The number of hydrogen-bond acceptors (Lipinski definition) is 19. The average molecular weight is 1530 g/mol. The Balaban J connectivity index is 1.26. The van der Waals surface area contributed by atoms with Gasteiger partial charge in [-0.2, -0.15) is 11.8 Å². The number of phenols is 2. The normalized spacial score (nSPS) is 14.5. The molecule has 0 unspecified atom stereocenters. The van der Waals surface area contributed by atoms with E-state index in [1.54, 1.807) is 81.0 Å². The summed E-state index contributed by atoms with van der Waals surface area (Å²) < 4.78 is 0. The molecule has 0 bridgehead atoms. The average Bonchev–Trinajstić information content (AvgIpc) is 1.71. The van der Waals surface area contributed by atoms with Crippen molar-refractivity contribution in [1.29, 1.82) is 5.41 Å². The number of guanidine groups is 1. The Morgan fingerprint density at radius 2 is 0.927 bits per heavy atom. The van der Waals surface area contributed by atoms with Crippen LogP contribution in [0.15, 0.2) is 109 Å². The van der Waals surface area contributed by atoms with E-state index in [9.17, 15) is 78.3 Å². The largest absolute Gasteiger partial charge is 0.508 e. The van der Waals surface area contributed by atoms with Gasteiger partial charge in [-0.1, -0.05) is 74.5 Å². The number of aromatic hydroxyl groups is 2. The van der Waals surface area contributed by atoms with Gasteiger partial charge < -0.3 is 111 Å². The number of aliphatic hydroxyl groups is 1. The molecule has 0 radical (unpaired) electrons. The third-order valence-electron chi connectivity index (χ3n) is 17.3. The number of aromatic amines is 2. The number of hydrogen-bond donors (Lipinski definition) is 22. The van der Waals surface area contributed by atoms with Crippen molar-refractivity contribution < 1.29 is 87.9 Å². The van der Waals surface area contributed by atoms with E-state index >= 15 is 9.59 Å². The van der Waals surface area contributed by atoms with Gasteiger partial charge in [0.05, 0.1) is 25.1 Å². The molecule has 12 atom stereocenters. The molecule has 0 saturated carbocycles. The van der Waals surface area contributed by atoms with Gasteiger partial charge >= 0.3 is 11.9 Å². The summed E-state index contributed by atoms with van der Waals surface area (Å²) >= 11 is 1.37. The Kier molecular flexibility index (Phi) is 33.1. The van der Waals surface area contributed by atoms with E-state index in [-0.39, 0.29) is 74.9 Å². The minimum Gasteiger partial charge on any atom is -0.508 e. The third kappa shape index (κ3) is 27.5. The Bertz CT molecular complexity index is 4190. The highest BCUT2D eigenvalue weighted by molar-refractivity contribution is 7.98. The molecule has 6 aromatic rings. The quantitative estimate of drug-likeness (QED) is 0.0120. The topological polar surface area (TPSA) is 575 Å². The molecular formula is C73H97N17O18S. The SMILES string of the molecule is CSCC[C@H](NC(=O)[C@H](C)N)C(=O)N[C@H](C(=O)N[C@@H](Cc1c[nH]c2ccccc12)C(=O)N[C@@H](C)C(=O)N[C@@H](CC(=O)O)C(=O)N[C@@H](Cc1ccc(O)cc1)C(=O)N[C@@H](Cc1c[nH]c2ccccc12)C(=O)N[C@@H](CC(C)C)C(=O)N[C@@H](Cc1ccc(O)cc1)C(=O)NCC(=O)N[C@@H](CCCNC(=N)N)C(=O)O)[C@@H](C)O. The summed E-state index contributed by atoms with van der Waals surface area (Å²) in [6.07, 6.45) is 1.19. The first-order chi connectivity index (χ1) is 51.7. The monoisotopic (exact) mass is 1530 g/mol. The van der Waals surface area contributed by atoms with Crippen molar-refractivity contribution >= 4 is 116 Å².